The molecule has 0 saturated carbocycles. The van der Waals surface area contributed by atoms with Gasteiger partial charge < -0.3 is 0 Å². The maximum atomic E-state index is 4.84. The van der Waals surface area contributed by atoms with Crippen molar-refractivity contribution in [2.75, 3.05) is 0 Å². The average Bonchev–Trinajstić information content (AvgIpc) is 1.14. The van der Waals surface area contributed by atoms with Crippen LogP contribution in [0.1, 0.15) is 0 Å². The van der Waals surface area contributed by atoms with E-state index in [9.17, 15) is 0 Å². The Morgan fingerprint density at radius 2 is 0.889 bits per heavy atom. The predicted octanol–water partition coefficient (Wildman–Crippen LogP) is -4.29. The molecule has 0 spiro atoms. The molecule has 9 heteroatoms. The number of hydrogen-bond donors (Lipinski definition) is 6. The Kier molecular flexibility index (Phi) is 2.02. The molecule has 0 unspecified atom stereocenters. The summed E-state index contributed by atoms with van der Waals surface area (Å²) >= 11 is 0. The van der Waals surface area contributed by atoms with Gasteiger partial charge in [0.2, 0.25) is 0 Å². The Balaban J connectivity index is 3.75. The zero-order valence-corrected chi connectivity index (χ0v) is 4.77. The monoisotopic (exact) mass is 140 g/mol. The minimum atomic E-state index is -1.34. The molecule has 0 bridgehead atoms. The van der Waals surface area contributed by atoms with Gasteiger partial charge in [-0.05, 0) is 0 Å². The number of nitrogens with zero attached hydrogens (tertiary/aromatic N) is 2. The molecule has 0 aromatic carbocycles. The smallest absolute Gasteiger partial charge is 0.102 e. The highest BCUT2D eigenvalue weighted by atomic mass is 17.0. The van der Waals surface area contributed by atoms with Gasteiger partial charge in [0.1, 0.15) is 4.94 Å². The highest BCUT2D eigenvalue weighted by Crippen LogP contribution is 1.80. The van der Waals surface area contributed by atoms with Gasteiger partial charge in [-0.15, -0.1) is 35.1 Å². The fourth-order valence-electron chi connectivity index (χ4n) is 0.245. The van der Waals surface area contributed by atoms with E-state index in [1.807, 2.05) is 0 Å². The molecule has 0 saturated heterocycles. The number of rotatable bonds is 2. The SMILES string of the molecule is N[N+](N)(N)O[N+](N)(N)N. The van der Waals surface area contributed by atoms with Gasteiger partial charge in [0.05, 0.1) is 9.95 Å². The summed E-state index contributed by atoms with van der Waals surface area (Å²) in [6.07, 6.45) is 0. The third-order valence-corrected chi connectivity index (χ3v) is 0.283. The Labute approximate surface area is 51.2 Å². The molecule has 0 aliphatic heterocycles. The first-order chi connectivity index (χ1) is 3.71. The van der Waals surface area contributed by atoms with E-state index < -0.39 is 9.95 Å². The Morgan fingerprint density at radius 3 is 0.889 bits per heavy atom. The summed E-state index contributed by atoms with van der Waals surface area (Å²) in [6, 6.07) is 0. The molecule has 0 fully saturated rings. The first kappa shape index (κ1) is 8.64. The van der Waals surface area contributed by atoms with E-state index in [-0.39, 0.29) is 0 Å². The molecule has 56 valence electrons. The molecule has 0 aromatic rings. The van der Waals surface area contributed by atoms with E-state index >= 15 is 0 Å². The first-order valence-corrected chi connectivity index (χ1v) is 1.91. The summed E-state index contributed by atoms with van der Waals surface area (Å²) in [5.41, 5.74) is 0. The molecule has 12 N–H and O–H groups in total. The van der Waals surface area contributed by atoms with Crippen molar-refractivity contribution >= 4 is 0 Å². The molecule has 0 atom stereocenters. The lowest BCUT2D eigenvalue weighted by Gasteiger charge is -2.20. The van der Waals surface area contributed by atoms with E-state index in [1.165, 1.54) is 0 Å². The third-order valence-electron chi connectivity index (χ3n) is 0.283. The largest absolute Gasteiger partial charge is 0.122 e. The quantitative estimate of drug-likeness (QED) is 0.128. The second kappa shape index (κ2) is 2.11. The van der Waals surface area contributed by atoms with Crippen LogP contribution < -0.4 is 35.1 Å². The van der Waals surface area contributed by atoms with Crippen LogP contribution in [0.25, 0.3) is 0 Å². The van der Waals surface area contributed by atoms with Crippen LogP contribution in [0.3, 0.4) is 0 Å². The summed E-state index contributed by atoms with van der Waals surface area (Å²) in [7, 11) is 0. The van der Waals surface area contributed by atoms with Crippen LogP contribution in [0.4, 0.5) is 0 Å². The van der Waals surface area contributed by atoms with E-state index in [0.717, 1.165) is 0 Å². The minimum Gasteiger partial charge on any atom is -0.102 e. The van der Waals surface area contributed by atoms with Crippen LogP contribution >= 0.6 is 0 Å². The third kappa shape index (κ3) is 7.64. The number of hydrogen-bond acceptors (Lipinski definition) is 7. The van der Waals surface area contributed by atoms with Crippen molar-refractivity contribution in [2.45, 2.75) is 0 Å². The minimum absolute atomic E-state index is 1.34. The lowest BCUT2D eigenvalue weighted by atomic mass is 12.0. The number of quaternary nitrogens is 2. The molecule has 0 aliphatic rings. The standard InChI is InChI=1S/H12N8O/c1-7(2,3)9-8(4,5)6/h1-6H2/q+2. The van der Waals surface area contributed by atoms with Crippen LogP contribution in [-0.4, -0.2) is 9.95 Å². The molecule has 0 heterocycles. The van der Waals surface area contributed by atoms with Gasteiger partial charge >= 0.3 is 0 Å². The van der Waals surface area contributed by atoms with Gasteiger partial charge in [-0.3, -0.25) is 0 Å². The first-order valence-electron chi connectivity index (χ1n) is 1.91. The van der Waals surface area contributed by atoms with Gasteiger partial charge in [0.25, 0.3) is 0 Å². The van der Waals surface area contributed by atoms with Crippen LogP contribution in [0.5, 0.6) is 0 Å². The second-order valence-corrected chi connectivity index (χ2v) is 1.61. The van der Waals surface area contributed by atoms with Gasteiger partial charge in [0, 0.05) is 0 Å². The molecule has 9 nitrogen and oxygen atoms in total. The molecular weight excluding hydrogens is 128 g/mol. The maximum absolute atomic E-state index is 4.84. The van der Waals surface area contributed by atoms with Crippen LogP contribution in [0.2, 0.25) is 0 Å². The summed E-state index contributed by atoms with van der Waals surface area (Å²) < 4.78 is 0. The van der Waals surface area contributed by atoms with Gasteiger partial charge in [-0.1, -0.05) is 0 Å². The molecule has 0 radical (unpaired) electrons. The lowest BCUT2D eigenvalue weighted by molar-refractivity contribution is -1.38. The van der Waals surface area contributed by atoms with Gasteiger partial charge in [-0.25, -0.2) is 0 Å². The lowest BCUT2D eigenvalue weighted by Crippen LogP contribution is -2.78. The molecule has 0 aromatic heterocycles. The van der Waals surface area contributed by atoms with Crippen molar-refractivity contribution in [2.24, 2.45) is 35.1 Å². The fourth-order valence-corrected chi connectivity index (χ4v) is 0.245. The normalized spacial score (nSPS) is 14.0. The van der Waals surface area contributed by atoms with Crippen LogP contribution in [0, 0.1) is 0 Å². The molecule has 9 heavy (non-hydrogen) atoms. The average molecular weight is 140 g/mol. The van der Waals surface area contributed by atoms with Crippen LogP contribution in [-0.2, 0) is 4.94 Å². The van der Waals surface area contributed by atoms with Crippen LogP contribution in [0.15, 0.2) is 0 Å². The zero-order chi connectivity index (χ0) is 7.71. The number of nitrogens with two attached hydrogens (primary N) is 6. The molecule has 0 amide bonds. The Bertz CT molecular complexity index is 69.7. The fraction of sp³-hybridized carbons (Fsp3) is 0. The molecular formula is H12N8O+2. The summed E-state index contributed by atoms with van der Waals surface area (Å²) in [5.74, 6) is 29.0. The highest BCUT2D eigenvalue weighted by Gasteiger charge is 2.29. The maximum Gasteiger partial charge on any atom is 0.122 e. The van der Waals surface area contributed by atoms with Gasteiger partial charge in [0.15, 0.2) is 0 Å². The highest BCUT2D eigenvalue weighted by molar-refractivity contribution is 3.51. The zero-order valence-electron chi connectivity index (χ0n) is 4.77. The van der Waals surface area contributed by atoms with E-state index in [1.54, 1.807) is 0 Å². The van der Waals surface area contributed by atoms with E-state index in [4.69, 9.17) is 35.1 Å². The summed E-state index contributed by atoms with van der Waals surface area (Å²) in [6.45, 7) is 0. The Morgan fingerprint density at radius 1 is 0.667 bits per heavy atom. The predicted molar refractivity (Wildman–Crippen MR) is 26.7 cm³/mol. The van der Waals surface area contributed by atoms with Gasteiger partial charge in [-0.2, -0.15) is 0 Å². The second-order valence-electron chi connectivity index (χ2n) is 1.61. The van der Waals surface area contributed by atoms with E-state index in [0.29, 0.717) is 0 Å². The van der Waals surface area contributed by atoms with E-state index in [2.05, 4.69) is 4.94 Å². The van der Waals surface area contributed by atoms with Crippen molar-refractivity contribution in [1.29, 1.82) is 0 Å². The van der Waals surface area contributed by atoms with Crippen molar-refractivity contribution in [3.05, 3.63) is 0 Å². The molecule has 0 rings (SSSR count). The summed E-state index contributed by atoms with van der Waals surface area (Å²) in [4.78, 5) is 1.48. The topological polar surface area (TPSA) is 165 Å². The summed E-state index contributed by atoms with van der Waals surface area (Å²) in [5, 5.41) is 0. The van der Waals surface area contributed by atoms with Crippen molar-refractivity contribution in [3.63, 3.8) is 0 Å². The molecule has 0 aliphatic carbocycles. The van der Waals surface area contributed by atoms with Crippen molar-refractivity contribution < 1.29 is 14.9 Å². The van der Waals surface area contributed by atoms with Crippen molar-refractivity contribution in [3.8, 4) is 0 Å². The Hall–Kier alpha value is -0.360. The van der Waals surface area contributed by atoms with Crippen molar-refractivity contribution in [1.82, 2.24) is 0 Å².